The Balaban J connectivity index is 1.45. The number of aryl methyl sites for hydroxylation is 1. The molecule has 2 aromatic rings. The minimum atomic E-state index is -0.0831. The van der Waals surface area contributed by atoms with Gasteiger partial charge >= 0.3 is 0 Å². The second-order valence-corrected chi connectivity index (χ2v) is 10.6. The molecule has 34 heavy (non-hydrogen) atoms. The van der Waals surface area contributed by atoms with Crippen LogP contribution < -0.4 is 0 Å². The molecule has 0 atom stereocenters. The smallest absolute Gasteiger partial charge is 0.159 e. The lowest BCUT2D eigenvalue weighted by Crippen LogP contribution is -2.14. The van der Waals surface area contributed by atoms with Crippen LogP contribution in [0.25, 0.3) is 11.4 Å². The highest BCUT2D eigenvalue weighted by Gasteiger charge is 2.24. The highest BCUT2D eigenvalue weighted by Crippen LogP contribution is 2.39. The Morgan fingerprint density at radius 3 is 2.03 bits per heavy atom. The van der Waals surface area contributed by atoms with Gasteiger partial charge in [-0.25, -0.2) is 14.4 Å². The van der Waals surface area contributed by atoms with Gasteiger partial charge in [0.2, 0.25) is 0 Å². The van der Waals surface area contributed by atoms with Gasteiger partial charge in [-0.15, -0.1) is 0 Å². The van der Waals surface area contributed by atoms with Crippen molar-refractivity contribution in [2.45, 2.75) is 129 Å². The lowest BCUT2D eigenvalue weighted by atomic mass is 9.76. The third-order valence-corrected chi connectivity index (χ3v) is 7.79. The molecule has 1 aromatic heterocycles. The number of nitrogens with zero attached hydrogens (tertiary/aromatic N) is 2. The number of hydrogen-bond acceptors (Lipinski definition) is 2. The Hall–Kier alpha value is -1.77. The maximum atomic E-state index is 15.1. The zero-order valence-corrected chi connectivity index (χ0v) is 21.8. The highest BCUT2D eigenvalue weighted by molar-refractivity contribution is 5.55. The second kappa shape index (κ2) is 15.3. The van der Waals surface area contributed by atoms with Crippen LogP contribution in [0.3, 0.4) is 0 Å². The molecule has 1 aliphatic carbocycles. The third-order valence-electron chi connectivity index (χ3n) is 7.79. The minimum Gasteiger partial charge on any atom is -0.236 e. The molecular formula is C31H47FN2. The van der Waals surface area contributed by atoms with Gasteiger partial charge in [-0.05, 0) is 67.6 Å². The van der Waals surface area contributed by atoms with Crippen LogP contribution in [-0.2, 0) is 6.42 Å². The molecule has 188 valence electrons. The Morgan fingerprint density at radius 2 is 1.38 bits per heavy atom. The fraction of sp³-hybridized carbons (Fsp3) is 0.677. The first kappa shape index (κ1) is 26.8. The number of unbranched alkanes of at least 4 members (excludes halogenated alkanes) is 9. The predicted octanol–water partition coefficient (Wildman–Crippen LogP) is 9.82. The van der Waals surface area contributed by atoms with Crippen molar-refractivity contribution in [2.24, 2.45) is 5.92 Å². The van der Waals surface area contributed by atoms with E-state index in [2.05, 4.69) is 23.8 Å². The van der Waals surface area contributed by atoms with Crippen LogP contribution in [0, 0.1) is 11.7 Å². The van der Waals surface area contributed by atoms with E-state index < -0.39 is 0 Å². The van der Waals surface area contributed by atoms with Gasteiger partial charge in [0.15, 0.2) is 5.82 Å². The van der Waals surface area contributed by atoms with Crippen LogP contribution in [0.4, 0.5) is 4.39 Å². The molecule has 0 radical (unpaired) electrons. The molecule has 1 aliphatic rings. The average molecular weight is 467 g/mol. The summed E-state index contributed by atoms with van der Waals surface area (Å²) in [5.41, 5.74) is 2.86. The van der Waals surface area contributed by atoms with Crippen molar-refractivity contribution in [1.29, 1.82) is 0 Å². The predicted molar refractivity (Wildman–Crippen MR) is 143 cm³/mol. The summed E-state index contributed by atoms with van der Waals surface area (Å²) in [7, 11) is 0. The maximum Gasteiger partial charge on any atom is 0.159 e. The first-order chi connectivity index (χ1) is 16.7. The summed E-state index contributed by atoms with van der Waals surface area (Å²) in [6, 6.07) is 5.66. The number of benzene rings is 1. The largest absolute Gasteiger partial charge is 0.236 e. The summed E-state index contributed by atoms with van der Waals surface area (Å²) in [4.78, 5) is 9.08. The summed E-state index contributed by atoms with van der Waals surface area (Å²) in [5, 5.41) is 0. The molecule has 0 bridgehead atoms. The molecule has 2 nitrogen and oxygen atoms in total. The van der Waals surface area contributed by atoms with Crippen LogP contribution >= 0.6 is 0 Å². The van der Waals surface area contributed by atoms with E-state index in [-0.39, 0.29) is 5.82 Å². The molecule has 1 saturated carbocycles. The summed E-state index contributed by atoms with van der Waals surface area (Å²) < 4.78 is 15.1. The van der Waals surface area contributed by atoms with Gasteiger partial charge in [-0.3, -0.25) is 0 Å². The summed E-state index contributed by atoms with van der Waals surface area (Å²) in [6.07, 6.45) is 25.6. The van der Waals surface area contributed by atoms with Gasteiger partial charge in [0.1, 0.15) is 5.82 Å². The maximum absolute atomic E-state index is 15.1. The second-order valence-electron chi connectivity index (χ2n) is 10.6. The van der Waals surface area contributed by atoms with E-state index in [0.717, 1.165) is 36.3 Å². The van der Waals surface area contributed by atoms with E-state index >= 15 is 4.39 Å². The topological polar surface area (TPSA) is 25.8 Å². The summed E-state index contributed by atoms with van der Waals surface area (Å²) in [6.45, 7) is 4.52. The van der Waals surface area contributed by atoms with E-state index in [1.165, 1.54) is 95.5 Å². The first-order valence-corrected chi connectivity index (χ1v) is 14.3. The van der Waals surface area contributed by atoms with Crippen molar-refractivity contribution in [1.82, 2.24) is 9.97 Å². The quantitative estimate of drug-likeness (QED) is 0.244. The molecular weight excluding hydrogens is 419 g/mol. The molecule has 0 N–H and O–H groups in total. The Morgan fingerprint density at radius 1 is 0.765 bits per heavy atom. The normalized spacial score (nSPS) is 18.3. The Bertz CT molecular complexity index is 809. The van der Waals surface area contributed by atoms with E-state index in [9.17, 15) is 0 Å². The average Bonchev–Trinajstić information content (AvgIpc) is 2.87. The van der Waals surface area contributed by atoms with E-state index in [0.29, 0.717) is 11.7 Å². The number of halogens is 1. The Labute approximate surface area is 208 Å². The van der Waals surface area contributed by atoms with Gasteiger partial charge in [-0.1, -0.05) is 96.6 Å². The highest BCUT2D eigenvalue weighted by atomic mass is 19.1. The molecule has 0 spiro atoms. The fourth-order valence-electron chi connectivity index (χ4n) is 5.54. The summed E-state index contributed by atoms with van der Waals surface area (Å²) >= 11 is 0. The van der Waals surface area contributed by atoms with Gasteiger partial charge < -0.3 is 0 Å². The lowest BCUT2D eigenvalue weighted by molar-refractivity contribution is 0.298. The van der Waals surface area contributed by atoms with Crippen molar-refractivity contribution < 1.29 is 4.39 Å². The van der Waals surface area contributed by atoms with Gasteiger partial charge in [0, 0.05) is 18.0 Å². The zero-order valence-electron chi connectivity index (χ0n) is 21.8. The molecule has 0 amide bonds. The van der Waals surface area contributed by atoms with Gasteiger partial charge in [-0.2, -0.15) is 0 Å². The number of aromatic nitrogens is 2. The van der Waals surface area contributed by atoms with Gasteiger partial charge in [0.25, 0.3) is 0 Å². The minimum absolute atomic E-state index is 0.0831. The number of rotatable bonds is 15. The molecule has 0 saturated heterocycles. The van der Waals surface area contributed by atoms with Crippen LogP contribution in [0.15, 0.2) is 30.6 Å². The Kier molecular flexibility index (Phi) is 12.1. The van der Waals surface area contributed by atoms with E-state index in [4.69, 9.17) is 0 Å². The van der Waals surface area contributed by atoms with E-state index in [1.807, 2.05) is 24.5 Å². The standard InChI is InChI=1S/C31H47FN2/c1-3-5-7-9-11-13-15-26-23-33-31(34-24-26)28-20-21-29(30(32)22-28)27-18-16-25(17-19-27)14-12-10-8-6-4-2/h20-25,27H,3-19H2,1-2H3/t25-,27-. The van der Waals surface area contributed by atoms with Crippen LogP contribution in [0.5, 0.6) is 0 Å². The molecule has 1 heterocycles. The zero-order chi connectivity index (χ0) is 24.0. The van der Waals surface area contributed by atoms with E-state index in [1.54, 1.807) is 6.07 Å². The van der Waals surface area contributed by atoms with Gasteiger partial charge in [0.05, 0.1) is 0 Å². The molecule has 1 aromatic carbocycles. The monoisotopic (exact) mass is 466 g/mol. The number of hydrogen-bond donors (Lipinski definition) is 0. The molecule has 0 aliphatic heterocycles. The molecule has 3 rings (SSSR count). The summed E-state index contributed by atoms with van der Waals surface area (Å²) in [5.74, 6) is 1.76. The van der Waals surface area contributed by atoms with Crippen molar-refractivity contribution in [2.75, 3.05) is 0 Å². The SMILES string of the molecule is CCCCCCCCc1cnc(-c2ccc([C@H]3CC[C@H](CCCCCCC)CC3)c(F)c2)nc1. The fourth-order valence-corrected chi connectivity index (χ4v) is 5.54. The van der Waals surface area contributed by atoms with Crippen molar-refractivity contribution in [3.8, 4) is 11.4 Å². The first-order valence-electron chi connectivity index (χ1n) is 14.3. The van der Waals surface area contributed by atoms with Crippen LogP contribution in [0.1, 0.15) is 134 Å². The molecule has 1 fully saturated rings. The van der Waals surface area contributed by atoms with Crippen LogP contribution in [-0.4, -0.2) is 9.97 Å². The third kappa shape index (κ3) is 8.78. The van der Waals surface area contributed by atoms with Crippen molar-refractivity contribution >= 4 is 0 Å². The van der Waals surface area contributed by atoms with Crippen molar-refractivity contribution in [3.05, 3.63) is 47.5 Å². The van der Waals surface area contributed by atoms with Crippen LogP contribution in [0.2, 0.25) is 0 Å². The van der Waals surface area contributed by atoms with Crippen molar-refractivity contribution in [3.63, 3.8) is 0 Å². The molecule has 0 unspecified atom stereocenters. The lowest BCUT2D eigenvalue weighted by Gasteiger charge is -2.29. The molecule has 3 heteroatoms.